The summed E-state index contributed by atoms with van der Waals surface area (Å²) in [5, 5.41) is 3.23. The molecule has 1 aliphatic heterocycles. The van der Waals surface area contributed by atoms with Crippen LogP contribution < -0.4 is 5.32 Å². The zero-order valence-corrected chi connectivity index (χ0v) is 14.4. The van der Waals surface area contributed by atoms with Crippen molar-refractivity contribution < 1.29 is 9.59 Å². The molecule has 24 heavy (non-hydrogen) atoms. The number of carbonyl (C=O) groups is 2. The Balaban J connectivity index is 0.00000208. The molecule has 1 N–H and O–H groups in total. The van der Waals surface area contributed by atoms with E-state index in [0.717, 1.165) is 18.7 Å². The van der Waals surface area contributed by atoms with Gasteiger partial charge in [-0.2, -0.15) is 0 Å². The van der Waals surface area contributed by atoms with Crippen LogP contribution in [-0.2, 0) is 0 Å². The minimum atomic E-state index is -0.107. The molecule has 0 aliphatic carbocycles. The van der Waals surface area contributed by atoms with Crippen LogP contribution in [0, 0.1) is 6.92 Å². The minimum absolute atomic E-state index is 0. The predicted molar refractivity (Wildman–Crippen MR) is 97.1 cm³/mol. The topological polar surface area (TPSA) is 49.4 Å². The summed E-state index contributed by atoms with van der Waals surface area (Å²) in [5.74, 6) is -0.174. The van der Waals surface area contributed by atoms with Crippen LogP contribution in [0.3, 0.4) is 0 Å². The first-order valence-electron chi connectivity index (χ1n) is 7.87. The molecule has 2 aromatic rings. The lowest BCUT2D eigenvalue weighted by Crippen LogP contribution is -2.46. The monoisotopic (exact) mass is 344 g/mol. The van der Waals surface area contributed by atoms with Gasteiger partial charge >= 0.3 is 0 Å². The summed E-state index contributed by atoms with van der Waals surface area (Å²) in [6.45, 7) is 4.91. The Morgan fingerprint density at radius 1 is 0.917 bits per heavy atom. The highest BCUT2D eigenvalue weighted by Gasteiger charge is 2.23. The number of ketones is 1. The number of piperazine rings is 1. The van der Waals surface area contributed by atoms with Crippen LogP contribution in [0.25, 0.3) is 0 Å². The second-order valence-electron chi connectivity index (χ2n) is 5.78. The number of halogens is 1. The molecular formula is C19H21ClN2O2. The van der Waals surface area contributed by atoms with Crippen LogP contribution in [0.1, 0.15) is 31.8 Å². The van der Waals surface area contributed by atoms with E-state index in [1.165, 1.54) is 0 Å². The highest BCUT2D eigenvalue weighted by atomic mass is 35.5. The Labute approximate surface area is 148 Å². The molecule has 1 saturated heterocycles. The van der Waals surface area contributed by atoms with Gasteiger partial charge in [-0.3, -0.25) is 9.59 Å². The van der Waals surface area contributed by atoms with Crippen LogP contribution in [0.2, 0.25) is 0 Å². The molecule has 1 fully saturated rings. The molecule has 4 nitrogen and oxygen atoms in total. The van der Waals surface area contributed by atoms with Gasteiger partial charge < -0.3 is 10.2 Å². The molecule has 1 amide bonds. The van der Waals surface area contributed by atoms with E-state index in [1.807, 2.05) is 31.2 Å². The second kappa shape index (κ2) is 8.08. The maximum Gasteiger partial charge on any atom is 0.254 e. The van der Waals surface area contributed by atoms with Gasteiger partial charge in [-0.05, 0) is 13.0 Å². The Kier molecular flexibility index (Phi) is 6.12. The summed E-state index contributed by atoms with van der Waals surface area (Å²) >= 11 is 0. The molecule has 0 unspecified atom stereocenters. The van der Waals surface area contributed by atoms with Gasteiger partial charge in [0.1, 0.15) is 0 Å². The molecule has 0 atom stereocenters. The number of hydrogen-bond acceptors (Lipinski definition) is 3. The molecule has 0 saturated carbocycles. The molecular weight excluding hydrogens is 324 g/mol. The van der Waals surface area contributed by atoms with Gasteiger partial charge in [-0.15, -0.1) is 12.4 Å². The maximum absolute atomic E-state index is 12.8. The van der Waals surface area contributed by atoms with Gasteiger partial charge in [0, 0.05) is 37.3 Å². The fraction of sp³-hybridized carbons (Fsp3) is 0.263. The molecule has 1 aliphatic rings. The Morgan fingerprint density at radius 2 is 1.50 bits per heavy atom. The highest BCUT2D eigenvalue weighted by Crippen LogP contribution is 2.17. The SMILES string of the molecule is Cc1ccc(C(=O)c2ccccc2C(=O)N2CCNCC2)cc1.Cl. The number of hydrogen-bond donors (Lipinski definition) is 1. The summed E-state index contributed by atoms with van der Waals surface area (Å²) in [5.41, 5.74) is 2.67. The van der Waals surface area contributed by atoms with Gasteiger partial charge in [0.25, 0.3) is 5.91 Å². The van der Waals surface area contributed by atoms with E-state index in [9.17, 15) is 9.59 Å². The van der Waals surface area contributed by atoms with E-state index in [0.29, 0.717) is 29.8 Å². The first-order valence-corrected chi connectivity index (χ1v) is 7.87. The van der Waals surface area contributed by atoms with Crippen LogP contribution in [0.5, 0.6) is 0 Å². The lowest BCUT2D eigenvalue weighted by Gasteiger charge is -2.28. The van der Waals surface area contributed by atoms with Crippen molar-refractivity contribution >= 4 is 24.1 Å². The van der Waals surface area contributed by atoms with E-state index in [2.05, 4.69) is 5.32 Å². The third kappa shape index (κ3) is 3.83. The molecule has 1 heterocycles. The van der Waals surface area contributed by atoms with Crippen LogP contribution in [0.15, 0.2) is 48.5 Å². The second-order valence-corrected chi connectivity index (χ2v) is 5.78. The van der Waals surface area contributed by atoms with Gasteiger partial charge in [-0.1, -0.05) is 48.0 Å². The average molecular weight is 345 g/mol. The lowest BCUT2D eigenvalue weighted by molar-refractivity contribution is 0.0732. The molecule has 0 spiro atoms. The summed E-state index contributed by atoms with van der Waals surface area (Å²) in [6.07, 6.45) is 0. The zero-order valence-electron chi connectivity index (χ0n) is 13.6. The fourth-order valence-corrected chi connectivity index (χ4v) is 2.77. The van der Waals surface area contributed by atoms with Crippen molar-refractivity contribution in [3.8, 4) is 0 Å². The molecule has 2 aromatic carbocycles. The molecule has 126 valence electrons. The van der Waals surface area contributed by atoms with Gasteiger partial charge in [0.05, 0.1) is 5.56 Å². The normalized spacial score (nSPS) is 14.0. The van der Waals surface area contributed by atoms with Crippen molar-refractivity contribution in [2.24, 2.45) is 0 Å². The number of nitrogens with zero attached hydrogens (tertiary/aromatic N) is 1. The molecule has 3 rings (SSSR count). The first-order chi connectivity index (χ1) is 11.2. The van der Waals surface area contributed by atoms with E-state index in [-0.39, 0.29) is 24.1 Å². The lowest BCUT2D eigenvalue weighted by atomic mass is 9.97. The summed E-state index contributed by atoms with van der Waals surface area (Å²) in [6, 6.07) is 14.5. The van der Waals surface area contributed by atoms with Crippen molar-refractivity contribution in [1.82, 2.24) is 10.2 Å². The summed E-state index contributed by atoms with van der Waals surface area (Å²) in [7, 11) is 0. The predicted octanol–water partition coefficient (Wildman–Crippen LogP) is 2.69. The van der Waals surface area contributed by atoms with Crippen LogP contribution in [0.4, 0.5) is 0 Å². The third-order valence-corrected chi connectivity index (χ3v) is 4.12. The minimum Gasteiger partial charge on any atom is -0.336 e. The Hall–Kier alpha value is -2.17. The molecule has 0 bridgehead atoms. The van der Waals surface area contributed by atoms with Crippen LogP contribution in [-0.4, -0.2) is 42.8 Å². The van der Waals surface area contributed by atoms with Crippen molar-refractivity contribution in [2.45, 2.75) is 6.92 Å². The van der Waals surface area contributed by atoms with Gasteiger partial charge in [-0.25, -0.2) is 0 Å². The quantitative estimate of drug-likeness (QED) is 0.871. The van der Waals surface area contributed by atoms with E-state index >= 15 is 0 Å². The maximum atomic E-state index is 12.8. The van der Waals surface area contributed by atoms with Gasteiger partial charge in [0.15, 0.2) is 5.78 Å². The highest BCUT2D eigenvalue weighted by molar-refractivity contribution is 6.15. The standard InChI is InChI=1S/C19H20N2O2.ClH/c1-14-6-8-15(9-7-14)18(22)16-4-2-3-5-17(16)19(23)21-12-10-20-11-13-21;/h2-9,20H,10-13H2,1H3;1H. The smallest absolute Gasteiger partial charge is 0.254 e. The molecule has 5 heteroatoms. The summed E-state index contributed by atoms with van der Waals surface area (Å²) < 4.78 is 0. The van der Waals surface area contributed by atoms with Crippen molar-refractivity contribution in [3.05, 3.63) is 70.8 Å². The fourth-order valence-electron chi connectivity index (χ4n) is 2.77. The van der Waals surface area contributed by atoms with E-state index in [1.54, 1.807) is 29.2 Å². The zero-order chi connectivity index (χ0) is 16.2. The Morgan fingerprint density at radius 3 is 2.12 bits per heavy atom. The number of amides is 1. The molecule has 0 aromatic heterocycles. The van der Waals surface area contributed by atoms with E-state index in [4.69, 9.17) is 0 Å². The van der Waals surface area contributed by atoms with Crippen molar-refractivity contribution in [3.63, 3.8) is 0 Å². The van der Waals surface area contributed by atoms with Gasteiger partial charge in [0.2, 0.25) is 0 Å². The number of benzene rings is 2. The average Bonchev–Trinajstić information content (AvgIpc) is 2.62. The largest absolute Gasteiger partial charge is 0.336 e. The third-order valence-electron chi connectivity index (χ3n) is 4.12. The summed E-state index contributed by atoms with van der Waals surface area (Å²) in [4.78, 5) is 27.3. The molecule has 0 radical (unpaired) electrons. The number of aryl methyl sites for hydroxylation is 1. The Bertz CT molecular complexity index is 722. The number of rotatable bonds is 3. The van der Waals surface area contributed by atoms with E-state index < -0.39 is 0 Å². The van der Waals surface area contributed by atoms with Crippen LogP contribution >= 0.6 is 12.4 Å². The first kappa shape index (κ1) is 18.2. The van der Waals surface area contributed by atoms with Crippen molar-refractivity contribution in [2.75, 3.05) is 26.2 Å². The van der Waals surface area contributed by atoms with Crippen molar-refractivity contribution in [1.29, 1.82) is 0 Å². The number of nitrogens with one attached hydrogen (secondary N) is 1. The number of carbonyl (C=O) groups excluding carboxylic acids is 2.